The van der Waals surface area contributed by atoms with Crippen LogP contribution >= 0.6 is 7.82 Å². The van der Waals surface area contributed by atoms with Crippen molar-refractivity contribution in [1.82, 2.24) is 0 Å². The fourth-order valence-electron chi connectivity index (χ4n) is 7.95. The number of quaternary nitrogens is 1. The molecule has 23 nitrogen and oxygen atoms in total. The number of phosphoric ester groups is 1. The van der Waals surface area contributed by atoms with Gasteiger partial charge in [-0.3, -0.25) is 28.3 Å². The average Bonchev–Trinajstić information content (AvgIpc) is 3.36. The molecule has 0 saturated carbocycles. The van der Waals surface area contributed by atoms with Gasteiger partial charge in [-0.2, -0.15) is 0 Å². The van der Waals surface area contributed by atoms with Gasteiger partial charge in [-0.15, -0.1) is 0 Å². The summed E-state index contributed by atoms with van der Waals surface area (Å²) < 4.78 is 76.0. The molecule has 0 aliphatic carbocycles. The standard InChI is InChI=1S/C44H58N3O19P.C6H15N/c1-6-7-8-9-10-11-12-19-24-58-67(54,55)66-43-35(46-47-45)38(64-42(53)32-22-17-14-18-23-32)36(34(62-43)26-57-41(52)31-20-15-13-16-21-31)65-44-40(61-30(5)51)39(60-29(4)50)37(59-28(3)49)33(63-44)25-56-27(2)48;1-4-7(5-2)6-3/h13-18,20-23,33-40,43-44H,6-12,19,24-26H2,1-5H3,(H,54,55);4-6H2,1-3H3/t33-,34-,35+,36-,37+,38-,39+,40-,43-,44+;/m1./s1. The minimum atomic E-state index is -5.33. The molecule has 0 aromatic heterocycles. The SMILES string of the molecule is CCCCCCCCCCOP(=O)([O-])O[C@H]1O[C@H](COC(=O)c2ccccc2)[C@@H](O[C@@H]2O[C@H](COC(C)=O)[C@H](OC(C)=O)[C@H](OC(C)=O)[C@H]2OC(C)=O)[C@H](OC(=O)c2ccccc2)[C@@H]1N=[N+]=[N-].CC[NH+](CC)CC. The van der Waals surface area contributed by atoms with E-state index in [9.17, 15) is 43.8 Å². The van der Waals surface area contributed by atoms with Crippen molar-refractivity contribution in [3.05, 3.63) is 82.2 Å². The Kier molecular flexibility index (Phi) is 28.4. The van der Waals surface area contributed by atoms with Gasteiger partial charge in [-0.25, -0.2) is 9.59 Å². The molecule has 11 atom stereocenters. The number of hydrogen-bond donors (Lipinski definition) is 1. The van der Waals surface area contributed by atoms with Gasteiger partial charge in [0.1, 0.15) is 43.7 Å². The Morgan fingerprint density at radius 1 is 0.608 bits per heavy atom. The lowest BCUT2D eigenvalue weighted by Crippen LogP contribution is -3.11. The number of esters is 6. The van der Waals surface area contributed by atoms with Gasteiger partial charge in [0.05, 0.1) is 37.4 Å². The van der Waals surface area contributed by atoms with E-state index in [-0.39, 0.29) is 17.7 Å². The molecule has 412 valence electrons. The van der Waals surface area contributed by atoms with Crippen molar-refractivity contribution in [2.75, 3.05) is 39.5 Å². The van der Waals surface area contributed by atoms with Gasteiger partial charge in [0.25, 0.3) is 7.82 Å². The summed E-state index contributed by atoms with van der Waals surface area (Å²) in [6.45, 7) is 15.0. The Bertz CT molecular complexity index is 2140. The van der Waals surface area contributed by atoms with E-state index in [1.54, 1.807) is 29.2 Å². The van der Waals surface area contributed by atoms with Crippen molar-refractivity contribution < 1.29 is 94.8 Å². The number of unbranched alkanes of at least 4 members (excludes halogenated alkanes) is 7. The molecule has 2 aliphatic rings. The van der Waals surface area contributed by atoms with Gasteiger partial charge in [0.2, 0.25) is 0 Å². The molecule has 24 heteroatoms. The molecule has 2 saturated heterocycles. The molecule has 0 radical (unpaired) electrons. The number of azide groups is 1. The van der Waals surface area contributed by atoms with Crippen molar-refractivity contribution >= 4 is 43.6 Å². The molecular weight excluding hydrogens is 992 g/mol. The number of carbonyl (C=O) groups is 6. The maximum Gasteiger partial charge on any atom is 0.338 e. The molecule has 2 heterocycles. The van der Waals surface area contributed by atoms with E-state index in [4.69, 9.17) is 51.7 Å². The zero-order valence-electron chi connectivity index (χ0n) is 43.5. The van der Waals surface area contributed by atoms with Crippen LogP contribution in [0, 0.1) is 0 Å². The molecule has 0 bridgehead atoms. The van der Waals surface area contributed by atoms with Gasteiger partial charge in [-0.05, 0) is 57.0 Å². The molecule has 4 rings (SSSR count). The monoisotopic (exact) mass is 1060 g/mol. The van der Waals surface area contributed by atoms with Crippen LogP contribution in [0.15, 0.2) is 65.8 Å². The van der Waals surface area contributed by atoms with Crippen LogP contribution in [-0.2, 0) is 75.4 Å². The first kappa shape index (κ1) is 62.8. The summed E-state index contributed by atoms with van der Waals surface area (Å²) in [7, 11) is -5.33. The Morgan fingerprint density at radius 2 is 1.09 bits per heavy atom. The number of hydrogen-bond acceptors (Lipinski definition) is 20. The number of nitrogens with one attached hydrogen (secondary N) is 1. The van der Waals surface area contributed by atoms with Crippen LogP contribution in [0.1, 0.15) is 127 Å². The second kappa shape index (κ2) is 33.4. The van der Waals surface area contributed by atoms with Crippen molar-refractivity contribution in [1.29, 1.82) is 0 Å². The van der Waals surface area contributed by atoms with E-state index in [0.717, 1.165) is 66.2 Å². The number of nitrogens with zero attached hydrogens (tertiary/aromatic N) is 3. The summed E-state index contributed by atoms with van der Waals surface area (Å²) in [6, 6.07) is 13.2. The molecular formula is C50H73N4O19P. The van der Waals surface area contributed by atoms with Crippen molar-refractivity contribution in [3.8, 4) is 0 Å². The number of rotatable bonds is 28. The highest BCUT2D eigenvalue weighted by Gasteiger charge is 2.57. The Morgan fingerprint density at radius 3 is 1.61 bits per heavy atom. The smallest absolute Gasteiger partial charge is 0.338 e. The van der Waals surface area contributed by atoms with Gasteiger partial charge in [0.15, 0.2) is 30.9 Å². The Hall–Kier alpha value is -5.48. The van der Waals surface area contributed by atoms with E-state index in [1.165, 1.54) is 56.0 Å². The lowest BCUT2D eigenvalue weighted by molar-refractivity contribution is -0.894. The van der Waals surface area contributed by atoms with Gasteiger partial charge in [0, 0.05) is 32.6 Å². The first-order valence-corrected chi connectivity index (χ1v) is 26.5. The zero-order valence-corrected chi connectivity index (χ0v) is 44.4. The summed E-state index contributed by atoms with van der Waals surface area (Å²) in [4.78, 5) is 94.9. The van der Waals surface area contributed by atoms with Gasteiger partial charge >= 0.3 is 35.8 Å². The Balaban J connectivity index is 0.00000192. The van der Waals surface area contributed by atoms with Gasteiger partial charge in [-0.1, -0.05) is 93.4 Å². The first-order chi connectivity index (χ1) is 35.4. The van der Waals surface area contributed by atoms with E-state index < -0.39 is 118 Å². The van der Waals surface area contributed by atoms with Crippen LogP contribution in [0.2, 0.25) is 0 Å². The predicted molar refractivity (Wildman–Crippen MR) is 261 cm³/mol. The Labute approximate surface area is 432 Å². The molecule has 1 N–H and O–H groups in total. The molecule has 2 aromatic carbocycles. The molecule has 74 heavy (non-hydrogen) atoms. The van der Waals surface area contributed by atoms with Crippen molar-refractivity contribution in [2.45, 2.75) is 168 Å². The van der Waals surface area contributed by atoms with E-state index in [1.807, 2.05) is 0 Å². The molecule has 2 aliphatic heterocycles. The quantitative estimate of drug-likeness (QED) is 0.0209. The second-order valence-electron chi connectivity index (χ2n) is 17.3. The lowest BCUT2D eigenvalue weighted by Gasteiger charge is -2.48. The van der Waals surface area contributed by atoms with Crippen LogP contribution in [-0.4, -0.2) is 137 Å². The highest BCUT2D eigenvalue weighted by molar-refractivity contribution is 7.45. The van der Waals surface area contributed by atoms with Crippen LogP contribution in [0.4, 0.5) is 0 Å². The third kappa shape index (κ3) is 21.8. The summed E-state index contributed by atoms with van der Waals surface area (Å²) in [5, 5.41) is 3.72. The number of benzene rings is 2. The minimum Gasteiger partial charge on any atom is -0.756 e. The van der Waals surface area contributed by atoms with Crippen molar-refractivity contribution in [3.63, 3.8) is 0 Å². The third-order valence-electron chi connectivity index (χ3n) is 11.7. The lowest BCUT2D eigenvalue weighted by atomic mass is 9.95. The summed E-state index contributed by atoms with van der Waals surface area (Å²) in [5.41, 5.74) is 9.92. The minimum absolute atomic E-state index is 0.0348. The van der Waals surface area contributed by atoms with Crippen LogP contribution in [0.3, 0.4) is 0 Å². The van der Waals surface area contributed by atoms with Crippen LogP contribution in [0.5, 0.6) is 0 Å². The normalized spacial score (nSPS) is 24.1. The topological polar surface area (TPSA) is 297 Å². The van der Waals surface area contributed by atoms with Gasteiger partial charge < -0.3 is 56.9 Å². The summed E-state index contributed by atoms with van der Waals surface area (Å²) >= 11 is 0. The zero-order chi connectivity index (χ0) is 54.6. The largest absolute Gasteiger partial charge is 0.756 e. The first-order valence-electron chi connectivity index (χ1n) is 25.0. The molecule has 0 amide bonds. The summed E-state index contributed by atoms with van der Waals surface area (Å²) in [5.74, 6) is -5.61. The maximum atomic E-state index is 13.9. The highest BCUT2D eigenvalue weighted by atomic mass is 31.2. The molecule has 2 fully saturated rings. The van der Waals surface area contributed by atoms with E-state index in [0.29, 0.717) is 12.8 Å². The average molecular weight is 1070 g/mol. The fraction of sp³-hybridized carbons (Fsp3) is 0.640. The predicted octanol–water partition coefficient (Wildman–Crippen LogP) is 5.51. The van der Waals surface area contributed by atoms with E-state index >= 15 is 0 Å². The van der Waals surface area contributed by atoms with Crippen LogP contribution < -0.4 is 9.79 Å². The number of carbonyl (C=O) groups excluding carboxylic acids is 6. The fourth-order valence-corrected chi connectivity index (χ4v) is 8.79. The number of phosphoric acid groups is 1. The number of ether oxygens (including phenoxy) is 9. The third-order valence-corrected chi connectivity index (χ3v) is 12.6. The molecule has 0 spiro atoms. The maximum absolute atomic E-state index is 13.9. The summed E-state index contributed by atoms with van der Waals surface area (Å²) in [6.07, 6.45) is -9.13. The molecule has 2 aromatic rings. The second-order valence-corrected chi connectivity index (χ2v) is 18.6. The highest BCUT2D eigenvalue weighted by Crippen LogP contribution is 2.45. The molecule has 1 unspecified atom stereocenters. The van der Waals surface area contributed by atoms with Crippen molar-refractivity contribution in [2.24, 2.45) is 5.11 Å². The van der Waals surface area contributed by atoms with E-state index in [2.05, 4.69) is 37.7 Å². The van der Waals surface area contributed by atoms with Crippen LogP contribution in [0.25, 0.3) is 10.4 Å².